The molecule has 0 spiro atoms. The second-order valence-corrected chi connectivity index (χ2v) is 4.29. The fourth-order valence-corrected chi connectivity index (χ4v) is 1.66. The predicted molar refractivity (Wildman–Crippen MR) is 71.7 cm³/mol. The minimum atomic E-state index is -0.173. The van der Waals surface area contributed by atoms with Gasteiger partial charge in [0, 0.05) is 16.7 Å². The van der Waals surface area contributed by atoms with E-state index in [1.165, 1.54) is 6.26 Å². The molecule has 1 aromatic carbocycles. The number of nitrogens with two attached hydrogens (primary N) is 1. The smallest absolute Gasteiger partial charge is 0.253 e. The summed E-state index contributed by atoms with van der Waals surface area (Å²) in [6.07, 6.45) is 2.11. The number of benzene rings is 1. The minimum Gasteiger partial charge on any atom is -0.502 e. The van der Waals surface area contributed by atoms with Crippen molar-refractivity contribution < 1.29 is 9.53 Å². The molecular weight excluding hydrogens is 284 g/mol. The van der Waals surface area contributed by atoms with E-state index in [0.29, 0.717) is 24.4 Å². The molecule has 0 heterocycles. The van der Waals surface area contributed by atoms with E-state index in [1.54, 1.807) is 18.2 Å². The first-order valence-corrected chi connectivity index (χ1v) is 6.00. The van der Waals surface area contributed by atoms with Crippen molar-refractivity contribution in [3.63, 3.8) is 0 Å². The molecule has 0 saturated heterocycles. The summed E-state index contributed by atoms with van der Waals surface area (Å²) in [6.45, 7) is 4.52. The van der Waals surface area contributed by atoms with E-state index in [1.807, 2.05) is 0 Å². The third kappa shape index (κ3) is 4.48. The average Bonchev–Trinajstić information content (AvgIpc) is 2.28. The van der Waals surface area contributed by atoms with Gasteiger partial charge in [0.25, 0.3) is 5.91 Å². The Morgan fingerprint density at radius 1 is 1.59 bits per heavy atom. The van der Waals surface area contributed by atoms with E-state index in [2.05, 4.69) is 27.8 Å². The van der Waals surface area contributed by atoms with Crippen LogP contribution in [0.3, 0.4) is 0 Å². The summed E-state index contributed by atoms with van der Waals surface area (Å²) in [5.74, 6) is -0.173. The third-order valence-electron chi connectivity index (χ3n) is 2.10. The average molecular weight is 299 g/mol. The van der Waals surface area contributed by atoms with E-state index in [-0.39, 0.29) is 5.91 Å². The molecule has 0 atom stereocenters. The molecule has 3 N–H and O–H groups in total. The monoisotopic (exact) mass is 298 g/mol. The topological polar surface area (TPSA) is 64.3 Å². The van der Waals surface area contributed by atoms with Crippen molar-refractivity contribution in [2.75, 3.05) is 18.9 Å². The Labute approximate surface area is 109 Å². The molecule has 0 aromatic heterocycles. The van der Waals surface area contributed by atoms with Gasteiger partial charge in [-0.2, -0.15) is 0 Å². The van der Waals surface area contributed by atoms with Gasteiger partial charge >= 0.3 is 0 Å². The Bertz CT molecular complexity index is 407. The maximum atomic E-state index is 11.7. The van der Waals surface area contributed by atoms with E-state index >= 15 is 0 Å². The summed E-state index contributed by atoms with van der Waals surface area (Å²) < 4.78 is 5.79. The van der Waals surface area contributed by atoms with E-state index in [4.69, 9.17) is 10.5 Å². The second kappa shape index (κ2) is 6.96. The third-order valence-corrected chi connectivity index (χ3v) is 2.59. The van der Waals surface area contributed by atoms with Gasteiger partial charge in [0.05, 0.1) is 18.4 Å². The molecule has 1 rings (SSSR count). The predicted octanol–water partition coefficient (Wildman–Crippen LogP) is 2.31. The first-order chi connectivity index (χ1) is 8.15. The number of carbonyl (C=O) groups is 1. The van der Waals surface area contributed by atoms with Crippen LogP contribution in [0, 0.1) is 0 Å². The van der Waals surface area contributed by atoms with Crippen LogP contribution >= 0.6 is 15.9 Å². The van der Waals surface area contributed by atoms with Crippen molar-refractivity contribution in [1.29, 1.82) is 0 Å². The summed E-state index contributed by atoms with van der Waals surface area (Å²) in [7, 11) is 0. The minimum absolute atomic E-state index is 0.173. The van der Waals surface area contributed by atoms with Gasteiger partial charge < -0.3 is 15.8 Å². The molecule has 0 aliphatic rings. The van der Waals surface area contributed by atoms with Gasteiger partial charge in [-0.15, -0.1) is 0 Å². The molecule has 0 aliphatic carbocycles. The molecule has 0 bridgehead atoms. The number of ether oxygens (including phenoxy) is 1. The summed E-state index contributed by atoms with van der Waals surface area (Å²) in [4.78, 5) is 11.7. The fourth-order valence-electron chi connectivity index (χ4n) is 1.28. The highest BCUT2D eigenvalue weighted by molar-refractivity contribution is 9.10. The Kier molecular flexibility index (Phi) is 5.56. The van der Waals surface area contributed by atoms with Gasteiger partial charge in [0.1, 0.15) is 0 Å². The number of rotatable bonds is 6. The van der Waals surface area contributed by atoms with E-state index in [0.717, 1.165) is 10.9 Å². The lowest BCUT2D eigenvalue weighted by Crippen LogP contribution is -2.25. The van der Waals surface area contributed by atoms with Crippen LogP contribution in [-0.2, 0) is 4.74 Å². The van der Waals surface area contributed by atoms with Gasteiger partial charge in [0.15, 0.2) is 0 Å². The molecular formula is C12H15BrN2O2. The van der Waals surface area contributed by atoms with Crippen LogP contribution in [0.25, 0.3) is 0 Å². The van der Waals surface area contributed by atoms with Crippen LogP contribution in [0.2, 0.25) is 0 Å². The van der Waals surface area contributed by atoms with Crippen molar-refractivity contribution in [2.45, 2.75) is 6.42 Å². The molecule has 0 saturated carbocycles. The lowest BCUT2D eigenvalue weighted by Gasteiger charge is -2.07. The number of nitrogens with one attached hydrogen (secondary N) is 1. The molecule has 0 fully saturated rings. The molecule has 5 heteroatoms. The normalized spacial score (nSPS) is 9.71. The van der Waals surface area contributed by atoms with Gasteiger partial charge in [-0.25, -0.2) is 0 Å². The number of hydrogen-bond acceptors (Lipinski definition) is 3. The number of halogens is 1. The zero-order chi connectivity index (χ0) is 12.7. The lowest BCUT2D eigenvalue weighted by atomic mass is 10.1. The molecule has 1 amide bonds. The lowest BCUT2D eigenvalue weighted by molar-refractivity contribution is 0.0951. The maximum Gasteiger partial charge on any atom is 0.253 e. The van der Waals surface area contributed by atoms with E-state index < -0.39 is 0 Å². The Morgan fingerprint density at radius 2 is 2.35 bits per heavy atom. The number of anilines is 1. The van der Waals surface area contributed by atoms with Crippen LogP contribution in [0.5, 0.6) is 0 Å². The van der Waals surface area contributed by atoms with Crippen molar-refractivity contribution in [3.05, 3.63) is 41.1 Å². The SMILES string of the molecule is C=COCCCNC(=O)c1ccc(Br)cc1N. The van der Waals surface area contributed by atoms with Crippen molar-refractivity contribution in [2.24, 2.45) is 0 Å². The number of amides is 1. The summed E-state index contributed by atoms with van der Waals surface area (Å²) in [5.41, 5.74) is 6.69. The maximum absolute atomic E-state index is 11.7. The Hall–Kier alpha value is -1.49. The molecule has 0 aliphatic heterocycles. The Balaban J connectivity index is 2.44. The van der Waals surface area contributed by atoms with Crippen LogP contribution in [0.15, 0.2) is 35.5 Å². The van der Waals surface area contributed by atoms with Crippen LogP contribution in [0.4, 0.5) is 5.69 Å². The van der Waals surface area contributed by atoms with Crippen LogP contribution in [0.1, 0.15) is 16.8 Å². The molecule has 0 unspecified atom stereocenters. The number of nitrogen functional groups attached to an aromatic ring is 1. The first kappa shape index (κ1) is 13.6. The van der Waals surface area contributed by atoms with Gasteiger partial charge in [-0.3, -0.25) is 4.79 Å². The molecule has 1 aromatic rings. The molecule has 0 radical (unpaired) electrons. The largest absolute Gasteiger partial charge is 0.502 e. The zero-order valence-electron chi connectivity index (χ0n) is 9.41. The fraction of sp³-hybridized carbons (Fsp3) is 0.250. The highest BCUT2D eigenvalue weighted by Gasteiger charge is 2.08. The summed E-state index contributed by atoms with van der Waals surface area (Å²) >= 11 is 3.29. The molecule has 17 heavy (non-hydrogen) atoms. The van der Waals surface area contributed by atoms with E-state index in [9.17, 15) is 4.79 Å². The standard InChI is InChI=1S/C12H15BrN2O2/c1-2-17-7-3-6-15-12(16)10-5-4-9(13)8-11(10)14/h2,4-5,8H,1,3,6-7,14H2,(H,15,16). The van der Waals surface area contributed by atoms with Gasteiger partial charge in [0.2, 0.25) is 0 Å². The number of carbonyl (C=O) groups excluding carboxylic acids is 1. The molecule has 4 nitrogen and oxygen atoms in total. The molecule has 92 valence electrons. The van der Waals surface area contributed by atoms with Crippen LogP contribution < -0.4 is 11.1 Å². The quantitative estimate of drug-likeness (QED) is 0.481. The highest BCUT2D eigenvalue weighted by atomic mass is 79.9. The van der Waals surface area contributed by atoms with Crippen molar-refractivity contribution in [3.8, 4) is 0 Å². The first-order valence-electron chi connectivity index (χ1n) is 5.21. The summed E-state index contributed by atoms with van der Waals surface area (Å²) in [5, 5.41) is 2.77. The van der Waals surface area contributed by atoms with Crippen molar-refractivity contribution in [1.82, 2.24) is 5.32 Å². The number of hydrogen-bond donors (Lipinski definition) is 2. The van der Waals surface area contributed by atoms with Crippen LogP contribution in [-0.4, -0.2) is 19.1 Å². The van der Waals surface area contributed by atoms with Gasteiger partial charge in [-0.05, 0) is 24.6 Å². The van der Waals surface area contributed by atoms with Crippen molar-refractivity contribution >= 4 is 27.5 Å². The highest BCUT2D eigenvalue weighted by Crippen LogP contribution is 2.18. The summed E-state index contributed by atoms with van der Waals surface area (Å²) in [6, 6.07) is 5.18. The van der Waals surface area contributed by atoms with Gasteiger partial charge in [-0.1, -0.05) is 22.5 Å². The zero-order valence-corrected chi connectivity index (χ0v) is 11.0. The Morgan fingerprint density at radius 3 is 3.00 bits per heavy atom. The second-order valence-electron chi connectivity index (χ2n) is 3.38.